The van der Waals surface area contributed by atoms with Crippen LogP contribution in [0.25, 0.3) is 11.3 Å². The molecule has 2 bridgehead atoms. The largest absolute Gasteiger partial charge is 0.395 e. The third-order valence-corrected chi connectivity index (χ3v) is 8.51. The number of benzene rings is 1. The number of rotatable bonds is 5. The molecule has 1 saturated carbocycles. The van der Waals surface area contributed by atoms with E-state index in [0.717, 1.165) is 29.8 Å². The van der Waals surface area contributed by atoms with Crippen molar-refractivity contribution in [3.63, 3.8) is 0 Å². The highest BCUT2D eigenvalue weighted by Gasteiger charge is 2.65. The molecular formula is C27H27F2N5O2. The van der Waals surface area contributed by atoms with Crippen molar-refractivity contribution in [3.05, 3.63) is 71.1 Å². The summed E-state index contributed by atoms with van der Waals surface area (Å²) in [6.07, 6.45) is 1.71. The molecule has 0 unspecified atom stereocenters. The minimum Gasteiger partial charge on any atom is -0.395 e. The summed E-state index contributed by atoms with van der Waals surface area (Å²) in [7, 11) is 0. The number of fused-ring (bicyclic) bond motifs is 5. The molecule has 2 aromatic heterocycles. The molecule has 1 aliphatic heterocycles. The second-order valence-corrected chi connectivity index (χ2v) is 10.4. The normalized spacial score (nSPS) is 24.0. The summed E-state index contributed by atoms with van der Waals surface area (Å²) in [5.74, 6) is -0.629. The number of nitrogens with zero attached hydrogens (tertiary/aromatic N) is 5. The van der Waals surface area contributed by atoms with Crippen LogP contribution in [0.1, 0.15) is 49.6 Å². The van der Waals surface area contributed by atoms with Crippen molar-refractivity contribution >= 4 is 11.8 Å². The van der Waals surface area contributed by atoms with Gasteiger partial charge in [-0.15, -0.1) is 5.10 Å². The molecule has 3 aromatic rings. The first-order chi connectivity index (χ1) is 17.3. The third-order valence-electron chi connectivity index (χ3n) is 8.51. The van der Waals surface area contributed by atoms with Gasteiger partial charge in [0.15, 0.2) is 0 Å². The first-order valence-corrected chi connectivity index (χ1v) is 12.3. The predicted molar refractivity (Wildman–Crippen MR) is 130 cm³/mol. The standard InChI is InChI=1S/C27H27F2N5O2/c1-26(2)17-9-10-27(26,21-7-4-8-22(30-21)34-12-11-33(13-14-35)25(34)36)24-16(17)15-20(31-32-24)23-18(28)5-3-6-19(23)29/h3-8,15,17,35H,9-14H2,1-2H3/t17-,27+/m0/s1. The Morgan fingerprint density at radius 3 is 2.58 bits per heavy atom. The van der Waals surface area contributed by atoms with Crippen molar-refractivity contribution in [2.45, 2.75) is 38.0 Å². The van der Waals surface area contributed by atoms with Gasteiger partial charge in [-0.05, 0) is 60.1 Å². The number of carbonyl (C=O) groups excluding carboxylic acids is 1. The van der Waals surface area contributed by atoms with Crippen molar-refractivity contribution in [1.82, 2.24) is 20.1 Å². The number of carbonyl (C=O) groups is 1. The van der Waals surface area contributed by atoms with Gasteiger partial charge in [-0.3, -0.25) is 4.90 Å². The maximum Gasteiger partial charge on any atom is 0.325 e. The topological polar surface area (TPSA) is 82.5 Å². The molecule has 3 aliphatic rings. The number of anilines is 1. The highest BCUT2D eigenvalue weighted by molar-refractivity contribution is 5.93. The van der Waals surface area contributed by atoms with Gasteiger partial charge in [-0.25, -0.2) is 18.6 Å². The summed E-state index contributed by atoms with van der Waals surface area (Å²) < 4.78 is 29.0. The van der Waals surface area contributed by atoms with E-state index < -0.39 is 17.0 Å². The zero-order valence-corrected chi connectivity index (χ0v) is 20.2. The number of β-amino-alcohol motifs (C(OH)–C–C–N with tert-alkyl or cyclic N) is 1. The number of urea groups is 1. The average molecular weight is 492 g/mol. The first kappa shape index (κ1) is 23.0. The SMILES string of the molecule is CC1(C)[C@H]2CC[C@@]1(c1cccc(N3CCN(CCO)C3=O)n1)c1nnc(-c3c(F)cccc3F)cc12. The molecule has 9 heteroatoms. The van der Waals surface area contributed by atoms with Gasteiger partial charge < -0.3 is 10.0 Å². The molecule has 1 N–H and O–H groups in total. The van der Waals surface area contributed by atoms with Gasteiger partial charge in [0.1, 0.15) is 17.5 Å². The van der Waals surface area contributed by atoms with Crippen molar-refractivity contribution in [1.29, 1.82) is 0 Å². The fourth-order valence-electron chi connectivity index (χ4n) is 6.69. The number of pyridine rings is 1. The fourth-order valence-corrected chi connectivity index (χ4v) is 6.69. The number of aromatic nitrogens is 3. The summed E-state index contributed by atoms with van der Waals surface area (Å²) in [5.41, 5.74) is 1.80. The molecule has 2 fully saturated rings. The molecule has 7 nitrogen and oxygen atoms in total. The number of halogens is 2. The molecule has 0 radical (unpaired) electrons. The number of hydrogen-bond donors (Lipinski definition) is 1. The van der Waals surface area contributed by atoms with E-state index in [2.05, 4.69) is 24.0 Å². The van der Waals surface area contributed by atoms with Crippen LogP contribution in [0.3, 0.4) is 0 Å². The molecule has 6 rings (SSSR count). The van der Waals surface area contributed by atoms with Gasteiger partial charge in [0.2, 0.25) is 0 Å². The lowest BCUT2D eigenvalue weighted by molar-refractivity contribution is 0.199. The van der Waals surface area contributed by atoms with Crippen molar-refractivity contribution in [3.8, 4) is 11.3 Å². The number of aliphatic hydroxyl groups excluding tert-OH is 1. The van der Waals surface area contributed by atoms with Crippen LogP contribution in [-0.4, -0.2) is 57.5 Å². The maximum absolute atomic E-state index is 14.5. The first-order valence-electron chi connectivity index (χ1n) is 12.3. The molecular weight excluding hydrogens is 464 g/mol. The van der Waals surface area contributed by atoms with Crippen LogP contribution in [0.5, 0.6) is 0 Å². The van der Waals surface area contributed by atoms with Gasteiger partial charge in [-0.1, -0.05) is 26.0 Å². The summed E-state index contributed by atoms with van der Waals surface area (Å²) in [6, 6.07) is 11.1. The Morgan fingerprint density at radius 1 is 1.08 bits per heavy atom. The second kappa shape index (κ2) is 8.03. The average Bonchev–Trinajstić information content (AvgIpc) is 3.42. The highest BCUT2D eigenvalue weighted by Crippen LogP contribution is 2.69. The highest BCUT2D eigenvalue weighted by atomic mass is 19.1. The Morgan fingerprint density at radius 2 is 1.83 bits per heavy atom. The zero-order valence-electron chi connectivity index (χ0n) is 20.2. The zero-order chi connectivity index (χ0) is 25.2. The van der Waals surface area contributed by atoms with Crippen LogP contribution < -0.4 is 4.90 Å². The summed E-state index contributed by atoms with van der Waals surface area (Å²) in [6.45, 7) is 5.62. The van der Waals surface area contributed by atoms with Crippen LogP contribution in [-0.2, 0) is 5.41 Å². The number of aliphatic hydroxyl groups is 1. The van der Waals surface area contributed by atoms with E-state index in [1.165, 1.54) is 18.2 Å². The van der Waals surface area contributed by atoms with Gasteiger partial charge in [-0.2, -0.15) is 5.10 Å². The Kier molecular flexibility index (Phi) is 5.12. The van der Waals surface area contributed by atoms with E-state index in [1.54, 1.807) is 15.9 Å². The van der Waals surface area contributed by atoms with Crippen LogP contribution >= 0.6 is 0 Å². The minimum absolute atomic E-state index is 0.0834. The van der Waals surface area contributed by atoms with Crippen molar-refractivity contribution < 1.29 is 18.7 Å². The molecule has 2 amide bonds. The minimum atomic E-state index is -0.665. The predicted octanol–water partition coefficient (Wildman–Crippen LogP) is 4.25. The fraction of sp³-hybridized carbons (Fsp3) is 0.407. The number of amides is 2. The molecule has 3 heterocycles. The number of hydrogen-bond acceptors (Lipinski definition) is 5. The summed E-state index contributed by atoms with van der Waals surface area (Å²) in [4.78, 5) is 21.1. The molecule has 0 spiro atoms. The van der Waals surface area contributed by atoms with Crippen molar-refractivity contribution in [2.75, 3.05) is 31.1 Å². The maximum atomic E-state index is 14.5. The monoisotopic (exact) mass is 491 g/mol. The Labute approximate surface area is 207 Å². The van der Waals surface area contributed by atoms with Gasteiger partial charge in [0, 0.05) is 19.6 Å². The second-order valence-electron chi connectivity index (χ2n) is 10.4. The molecule has 2 aliphatic carbocycles. The van der Waals surface area contributed by atoms with Crippen LogP contribution in [0, 0.1) is 17.0 Å². The summed E-state index contributed by atoms with van der Waals surface area (Å²) >= 11 is 0. The molecule has 36 heavy (non-hydrogen) atoms. The molecule has 1 saturated heterocycles. The molecule has 2 atom stereocenters. The Hall–Kier alpha value is -3.46. The van der Waals surface area contributed by atoms with Crippen LogP contribution in [0.15, 0.2) is 42.5 Å². The summed E-state index contributed by atoms with van der Waals surface area (Å²) in [5, 5.41) is 18.1. The van der Waals surface area contributed by atoms with Gasteiger partial charge in [0.05, 0.1) is 34.7 Å². The van der Waals surface area contributed by atoms with E-state index >= 15 is 0 Å². The molecule has 186 valence electrons. The Bertz CT molecular complexity index is 1360. The van der Waals surface area contributed by atoms with E-state index in [9.17, 15) is 18.7 Å². The molecule has 1 aromatic carbocycles. The Balaban J connectivity index is 1.44. The van der Waals surface area contributed by atoms with Crippen LogP contribution in [0.4, 0.5) is 19.4 Å². The quantitative estimate of drug-likeness (QED) is 0.577. The van der Waals surface area contributed by atoms with Gasteiger partial charge >= 0.3 is 6.03 Å². The van der Waals surface area contributed by atoms with Crippen LogP contribution in [0.2, 0.25) is 0 Å². The van der Waals surface area contributed by atoms with E-state index in [-0.39, 0.29) is 35.2 Å². The van der Waals surface area contributed by atoms with Crippen molar-refractivity contribution in [2.24, 2.45) is 5.41 Å². The van der Waals surface area contributed by atoms with E-state index in [0.29, 0.717) is 25.5 Å². The third kappa shape index (κ3) is 2.98. The lowest BCUT2D eigenvalue weighted by atomic mass is 9.66. The van der Waals surface area contributed by atoms with E-state index in [1.807, 2.05) is 18.2 Å². The lowest BCUT2D eigenvalue weighted by Crippen LogP contribution is -2.39. The smallest absolute Gasteiger partial charge is 0.325 e. The van der Waals surface area contributed by atoms with E-state index in [4.69, 9.17) is 4.98 Å². The lowest BCUT2D eigenvalue weighted by Gasteiger charge is -2.37. The van der Waals surface area contributed by atoms with Gasteiger partial charge in [0.25, 0.3) is 0 Å².